The zero-order valence-corrected chi connectivity index (χ0v) is 10.7. The SMILES string of the molecule is CN(CCc1ccncc1)C(=O)c1ccc[nH]c1=O. The van der Waals surface area contributed by atoms with Crippen molar-refractivity contribution in [1.82, 2.24) is 14.9 Å². The Morgan fingerprint density at radius 1 is 1.32 bits per heavy atom. The Balaban J connectivity index is 2.01. The number of nitrogens with zero attached hydrogens (tertiary/aromatic N) is 2. The van der Waals surface area contributed by atoms with Gasteiger partial charge in [0.25, 0.3) is 11.5 Å². The standard InChI is InChI=1S/C14H15N3O2/c1-17(10-6-11-4-8-15-9-5-11)14(19)12-3-2-7-16-13(12)18/h2-5,7-9H,6,10H2,1H3,(H,16,18). The van der Waals surface area contributed by atoms with E-state index < -0.39 is 0 Å². The van der Waals surface area contributed by atoms with Gasteiger partial charge in [-0.15, -0.1) is 0 Å². The molecule has 2 aromatic rings. The summed E-state index contributed by atoms with van der Waals surface area (Å²) in [7, 11) is 1.69. The maximum absolute atomic E-state index is 12.1. The van der Waals surface area contributed by atoms with Gasteiger partial charge in [-0.25, -0.2) is 0 Å². The molecular formula is C14H15N3O2. The van der Waals surface area contributed by atoms with Gasteiger partial charge in [-0.2, -0.15) is 0 Å². The Hall–Kier alpha value is -2.43. The number of rotatable bonds is 4. The lowest BCUT2D eigenvalue weighted by atomic mass is 10.2. The summed E-state index contributed by atoms with van der Waals surface area (Å²) in [6, 6.07) is 7.00. The van der Waals surface area contributed by atoms with Crippen LogP contribution < -0.4 is 5.56 Å². The van der Waals surface area contributed by atoms with Crippen molar-refractivity contribution in [2.75, 3.05) is 13.6 Å². The summed E-state index contributed by atoms with van der Waals surface area (Å²) in [5, 5.41) is 0. The summed E-state index contributed by atoms with van der Waals surface area (Å²) in [6.07, 6.45) is 5.68. The molecule has 0 radical (unpaired) electrons. The Morgan fingerprint density at radius 3 is 2.74 bits per heavy atom. The number of hydrogen-bond acceptors (Lipinski definition) is 3. The molecule has 0 saturated carbocycles. The molecule has 2 aromatic heterocycles. The van der Waals surface area contributed by atoms with Crippen molar-refractivity contribution < 1.29 is 4.79 Å². The smallest absolute Gasteiger partial charge is 0.260 e. The molecule has 5 nitrogen and oxygen atoms in total. The molecule has 5 heteroatoms. The molecule has 2 heterocycles. The van der Waals surface area contributed by atoms with E-state index >= 15 is 0 Å². The molecule has 1 N–H and O–H groups in total. The number of aromatic amines is 1. The maximum Gasteiger partial charge on any atom is 0.260 e. The van der Waals surface area contributed by atoms with Gasteiger partial charge in [0, 0.05) is 32.2 Å². The van der Waals surface area contributed by atoms with Crippen LogP contribution in [0.25, 0.3) is 0 Å². The summed E-state index contributed by atoms with van der Waals surface area (Å²) < 4.78 is 0. The quantitative estimate of drug-likeness (QED) is 0.891. The molecule has 1 amide bonds. The molecule has 0 aromatic carbocycles. The fourth-order valence-electron chi connectivity index (χ4n) is 1.74. The molecular weight excluding hydrogens is 242 g/mol. The third-order valence-electron chi connectivity index (χ3n) is 2.88. The number of carbonyl (C=O) groups excluding carboxylic acids is 1. The van der Waals surface area contributed by atoms with Crippen molar-refractivity contribution in [1.29, 1.82) is 0 Å². The van der Waals surface area contributed by atoms with Gasteiger partial charge in [-0.05, 0) is 36.2 Å². The molecule has 0 saturated heterocycles. The second-order valence-electron chi connectivity index (χ2n) is 4.25. The first-order valence-electron chi connectivity index (χ1n) is 6.00. The number of aromatic nitrogens is 2. The number of pyridine rings is 2. The fraction of sp³-hybridized carbons (Fsp3) is 0.214. The third-order valence-corrected chi connectivity index (χ3v) is 2.88. The second kappa shape index (κ2) is 5.95. The first-order chi connectivity index (χ1) is 9.18. The third kappa shape index (κ3) is 3.28. The largest absolute Gasteiger partial charge is 0.341 e. The highest BCUT2D eigenvalue weighted by Gasteiger charge is 2.14. The predicted molar refractivity (Wildman–Crippen MR) is 72.0 cm³/mol. The molecule has 0 aliphatic heterocycles. The zero-order chi connectivity index (χ0) is 13.7. The predicted octanol–water partition coefficient (Wildman–Crippen LogP) is 1.08. The van der Waals surface area contributed by atoms with E-state index in [-0.39, 0.29) is 17.0 Å². The molecule has 98 valence electrons. The molecule has 2 rings (SSSR count). The second-order valence-corrected chi connectivity index (χ2v) is 4.25. The lowest BCUT2D eigenvalue weighted by Gasteiger charge is -2.16. The molecule has 0 aliphatic rings. The number of H-pyrrole nitrogens is 1. The van der Waals surface area contributed by atoms with Gasteiger partial charge < -0.3 is 9.88 Å². The van der Waals surface area contributed by atoms with E-state index in [2.05, 4.69) is 9.97 Å². The topological polar surface area (TPSA) is 66.1 Å². The molecule has 0 fully saturated rings. The van der Waals surface area contributed by atoms with Gasteiger partial charge >= 0.3 is 0 Å². The average Bonchev–Trinajstić information content (AvgIpc) is 2.45. The molecule has 19 heavy (non-hydrogen) atoms. The highest BCUT2D eigenvalue weighted by Crippen LogP contribution is 2.02. The van der Waals surface area contributed by atoms with Crippen LogP contribution in [0.5, 0.6) is 0 Å². The van der Waals surface area contributed by atoms with Crippen LogP contribution in [0.4, 0.5) is 0 Å². The summed E-state index contributed by atoms with van der Waals surface area (Å²) in [6.45, 7) is 0.553. The molecule has 0 unspecified atom stereocenters. The lowest BCUT2D eigenvalue weighted by Crippen LogP contribution is -2.32. The molecule has 0 aliphatic carbocycles. The van der Waals surface area contributed by atoms with Gasteiger partial charge in [-0.1, -0.05) is 0 Å². The average molecular weight is 257 g/mol. The van der Waals surface area contributed by atoms with Crippen LogP contribution in [0, 0.1) is 0 Å². The number of carbonyl (C=O) groups is 1. The van der Waals surface area contributed by atoms with Gasteiger partial charge in [0.2, 0.25) is 0 Å². The number of hydrogen-bond donors (Lipinski definition) is 1. The van der Waals surface area contributed by atoms with Crippen LogP contribution in [0.2, 0.25) is 0 Å². The number of amides is 1. The minimum Gasteiger partial charge on any atom is -0.341 e. The molecule has 0 bridgehead atoms. The highest BCUT2D eigenvalue weighted by molar-refractivity contribution is 5.93. The van der Waals surface area contributed by atoms with Gasteiger partial charge in [0.1, 0.15) is 5.56 Å². The van der Waals surface area contributed by atoms with E-state index in [0.717, 1.165) is 12.0 Å². The first kappa shape index (κ1) is 13.0. The van der Waals surface area contributed by atoms with Gasteiger partial charge in [0.15, 0.2) is 0 Å². The van der Waals surface area contributed by atoms with E-state index in [4.69, 9.17) is 0 Å². The van der Waals surface area contributed by atoms with Crippen molar-refractivity contribution in [3.8, 4) is 0 Å². The number of likely N-dealkylation sites (N-methyl/N-ethyl adjacent to an activating group) is 1. The Bertz CT molecular complexity index is 607. The molecule has 0 atom stereocenters. The zero-order valence-electron chi connectivity index (χ0n) is 10.7. The van der Waals surface area contributed by atoms with Crippen molar-refractivity contribution in [2.24, 2.45) is 0 Å². The highest BCUT2D eigenvalue weighted by atomic mass is 16.2. The van der Waals surface area contributed by atoms with E-state index in [0.29, 0.717) is 6.54 Å². The minimum atomic E-state index is -0.358. The Morgan fingerprint density at radius 2 is 2.05 bits per heavy atom. The molecule has 0 spiro atoms. The van der Waals surface area contributed by atoms with Crippen LogP contribution in [0.3, 0.4) is 0 Å². The minimum absolute atomic E-state index is 0.166. The van der Waals surface area contributed by atoms with Crippen molar-refractivity contribution in [3.05, 3.63) is 64.3 Å². The van der Waals surface area contributed by atoms with Crippen LogP contribution in [-0.4, -0.2) is 34.4 Å². The van der Waals surface area contributed by atoms with Crippen molar-refractivity contribution in [2.45, 2.75) is 6.42 Å². The normalized spacial score (nSPS) is 10.2. The van der Waals surface area contributed by atoms with Crippen molar-refractivity contribution >= 4 is 5.91 Å². The summed E-state index contributed by atoms with van der Waals surface area (Å²) in [5.74, 6) is -0.268. The van der Waals surface area contributed by atoms with Crippen LogP contribution in [-0.2, 0) is 6.42 Å². The summed E-state index contributed by atoms with van der Waals surface area (Å²) >= 11 is 0. The Labute approximate surface area is 110 Å². The monoisotopic (exact) mass is 257 g/mol. The van der Waals surface area contributed by atoms with E-state index in [1.807, 2.05) is 12.1 Å². The van der Waals surface area contributed by atoms with Crippen LogP contribution >= 0.6 is 0 Å². The van der Waals surface area contributed by atoms with Crippen LogP contribution in [0.1, 0.15) is 15.9 Å². The van der Waals surface area contributed by atoms with E-state index in [9.17, 15) is 9.59 Å². The van der Waals surface area contributed by atoms with Crippen molar-refractivity contribution in [3.63, 3.8) is 0 Å². The van der Waals surface area contributed by atoms with E-state index in [1.165, 1.54) is 12.3 Å². The summed E-state index contributed by atoms with van der Waals surface area (Å²) in [5.41, 5.74) is 0.916. The fourth-order valence-corrected chi connectivity index (χ4v) is 1.74. The Kier molecular flexibility index (Phi) is 4.07. The first-order valence-corrected chi connectivity index (χ1v) is 6.00. The van der Waals surface area contributed by atoms with E-state index in [1.54, 1.807) is 30.4 Å². The lowest BCUT2D eigenvalue weighted by molar-refractivity contribution is 0.0795. The van der Waals surface area contributed by atoms with Crippen LogP contribution in [0.15, 0.2) is 47.7 Å². The maximum atomic E-state index is 12.1. The van der Waals surface area contributed by atoms with Gasteiger partial charge in [-0.3, -0.25) is 14.6 Å². The van der Waals surface area contributed by atoms with Gasteiger partial charge in [0.05, 0.1) is 0 Å². The number of nitrogens with one attached hydrogen (secondary N) is 1. The summed E-state index contributed by atoms with van der Waals surface area (Å²) in [4.78, 5) is 31.6.